The molecule has 132 valence electrons. The van der Waals surface area contributed by atoms with Gasteiger partial charge in [-0.25, -0.2) is 8.78 Å². The molecule has 0 bridgehead atoms. The van der Waals surface area contributed by atoms with Crippen molar-refractivity contribution in [1.82, 2.24) is 4.90 Å². The summed E-state index contributed by atoms with van der Waals surface area (Å²) in [5.74, 6) is -1.64. The normalized spacial score (nSPS) is 17.8. The van der Waals surface area contributed by atoms with Crippen LogP contribution >= 0.6 is 11.8 Å². The number of halogens is 5. The van der Waals surface area contributed by atoms with Crippen molar-refractivity contribution >= 4 is 17.7 Å². The molecule has 1 aliphatic rings. The Bertz CT molecular complexity index is 808. The summed E-state index contributed by atoms with van der Waals surface area (Å²) in [4.78, 5) is 13.9. The Balaban J connectivity index is 1.91. The van der Waals surface area contributed by atoms with Gasteiger partial charge in [0.2, 0.25) is 0 Å². The van der Waals surface area contributed by atoms with E-state index in [0.717, 1.165) is 30.3 Å². The lowest BCUT2D eigenvalue weighted by molar-refractivity contribution is -0.137. The average molecular weight is 373 g/mol. The molecule has 0 aliphatic carbocycles. The van der Waals surface area contributed by atoms with Crippen molar-refractivity contribution in [3.63, 3.8) is 0 Å². The van der Waals surface area contributed by atoms with Crippen LogP contribution < -0.4 is 0 Å². The number of hydrogen-bond donors (Lipinski definition) is 0. The van der Waals surface area contributed by atoms with Gasteiger partial charge in [-0.3, -0.25) is 4.79 Å². The standard InChI is InChI=1S/C17H12F5NOS/c18-12-4-5-13(14(19)9-12)16-23(6-7-25-16)15(24)10-2-1-3-11(8-10)17(20,21)22/h1-5,8-9,16H,6-7H2. The molecule has 1 saturated heterocycles. The summed E-state index contributed by atoms with van der Waals surface area (Å²) in [7, 11) is 0. The van der Waals surface area contributed by atoms with Gasteiger partial charge in [-0.15, -0.1) is 11.8 Å². The van der Waals surface area contributed by atoms with Crippen LogP contribution in [0.2, 0.25) is 0 Å². The van der Waals surface area contributed by atoms with Crippen molar-refractivity contribution in [1.29, 1.82) is 0 Å². The zero-order chi connectivity index (χ0) is 18.2. The van der Waals surface area contributed by atoms with Gasteiger partial charge in [0.15, 0.2) is 0 Å². The van der Waals surface area contributed by atoms with Crippen molar-refractivity contribution in [3.8, 4) is 0 Å². The first-order chi connectivity index (χ1) is 11.8. The van der Waals surface area contributed by atoms with Gasteiger partial charge in [0, 0.05) is 29.5 Å². The number of alkyl halides is 3. The van der Waals surface area contributed by atoms with Crippen molar-refractivity contribution in [3.05, 3.63) is 70.8 Å². The van der Waals surface area contributed by atoms with E-state index in [4.69, 9.17) is 0 Å². The van der Waals surface area contributed by atoms with Gasteiger partial charge in [-0.2, -0.15) is 13.2 Å². The van der Waals surface area contributed by atoms with Crippen LogP contribution in [0.15, 0.2) is 42.5 Å². The first kappa shape index (κ1) is 17.7. The van der Waals surface area contributed by atoms with Crippen molar-refractivity contribution in [2.24, 2.45) is 0 Å². The lowest BCUT2D eigenvalue weighted by Crippen LogP contribution is -2.31. The largest absolute Gasteiger partial charge is 0.416 e. The first-order valence-corrected chi connectivity index (χ1v) is 8.37. The molecule has 2 aromatic rings. The van der Waals surface area contributed by atoms with E-state index in [-0.39, 0.29) is 17.7 Å². The third-order valence-electron chi connectivity index (χ3n) is 3.82. The quantitative estimate of drug-likeness (QED) is 0.700. The van der Waals surface area contributed by atoms with Crippen molar-refractivity contribution < 1.29 is 26.7 Å². The number of nitrogens with zero attached hydrogens (tertiary/aromatic N) is 1. The van der Waals surface area contributed by atoms with Crippen molar-refractivity contribution in [2.45, 2.75) is 11.6 Å². The smallest absolute Gasteiger partial charge is 0.322 e. The minimum atomic E-state index is -4.56. The van der Waals surface area contributed by atoms with Gasteiger partial charge in [0.05, 0.1) is 5.56 Å². The summed E-state index contributed by atoms with van der Waals surface area (Å²) in [6, 6.07) is 7.17. The molecule has 0 N–H and O–H groups in total. The summed E-state index contributed by atoms with van der Waals surface area (Å²) >= 11 is 1.28. The molecule has 1 fully saturated rings. The Labute approximate surface area is 144 Å². The lowest BCUT2D eigenvalue weighted by Gasteiger charge is -2.25. The van der Waals surface area contributed by atoms with Gasteiger partial charge in [0.1, 0.15) is 17.0 Å². The van der Waals surface area contributed by atoms with E-state index in [1.165, 1.54) is 28.8 Å². The molecule has 2 nitrogen and oxygen atoms in total. The minimum absolute atomic E-state index is 0.121. The van der Waals surface area contributed by atoms with Crippen LogP contribution in [0.4, 0.5) is 22.0 Å². The van der Waals surface area contributed by atoms with E-state index in [9.17, 15) is 26.7 Å². The molecule has 2 aromatic carbocycles. The highest BCUT2D eigenvalue weighted by Gasteiger charge is 2.35. The third-order valence-corrected chi connectivity index (χ3v) is 5.06. The number of thioether (sulfide) groups is 1. The summed E-state index contributed by atoms with van der Waals surface area (Å²) in [5.41, 5.74) is -0.913. The molecule has 0 saturated carbocycles. The topological polar surface area (TPSA) is 20.3 Å². The Morgan fingerprint density at radius 2 is 1.88 bits per heavy atom. The van der Waals surface area contributed by atoms with Crippen LogP contribution in [-0.2, 0) is 6.18 Å². The summed E-state index contributed by atoms with van der Waals surface area (Å²) in [6.07, 6.45) is -4.56. The summed E-state index contributed by atoms with van der Waals surface area (Å²) in [6.45, 7) is 0.265. The maximum absolute atomic E-state index is 14.0. The average Bonchev–Trinajstić information content (AvgIpc) is 3.03. The SMILES string of the molecule is O=C(c1cccc(C(F)(F)F)c1)N1CCSC1c1ccc(F)cc1F. The van der Waals surface area contributed by atoms with Crippen LogP contribution in [0.3, 0.4) is 0 Å². The molecule has 8 heteroatoms. The molecule has 0 aromatic heterocycles. The molecule has 0 spiro atoms. The van der Waals surface area contributed by atoms with Gasteiger partial charge in [-0.1, -0.05) is 12.1 Å². The Morgan fingerprint density at radius 3 is 2.56 bits per heavy atom. The molecule has 1 unspecified atom stereocenters. The monoisotopic (exact) mass is 373 g/mol. The highest BCUT2D eigenvalue weighted by atomic mass is 32.2. The number of rotatable bonds is 2. The molecule has 1 aliphatic heterocycles. The second-order valence-electron chi connectivity index (χ2n) is 5.47. The van der Waals surface area contributed by atoms with Gasteiger partial charge >= 0.3 is 6.18 Å². The fourth-order valence-electron chi connectivity index (χ4n) is 2.63. The Kier molecular flexibility index (Phi) is 4.73. The van der Waals surface area contributed by atoms with Crippen LogP contribution in [0.1, 0.15) is 26.9 Å². The fraction of sp³-hybridized carbons (Fsp3) is 0.235. The van der Waals surface area contributed by atoms with E-state index >= 15 is 0 Å². The van der Waals surface area contributed by atoms with E-state index in [2.05, 4.69) is 0 Å². The van der Waals surface area contributed by atoms with E-state index in [1.54, 1.807) is 0 Å². The van der Waals surface area contributed by atoms with Crippen LogP contribution in [0.25, 0.3) is 0 Å². The van der Waals surface area contributed by atoms with Gasteiger partial charge in [-0.05, 0) is 24.3 Å². The predicted molar refractivity (Wildman–Crippen MR) is 84.0 cm³/mol. The first-order valence-electron chi connectivity index (χ1n) is 7.32. The van der Waals surface area contributed by atoms with E-state index in [1.807, 2.05) is 0 Å². The van der Waals surface area contributed by atoms with Crippen molar-refractivity contribution in [2.75, 3.05) is 12.3 Å². The predicted octanol–water partition coefficient (Wildman–Crippen LogP) is 4.87. The molecule has 3 rings (SSSR count). The van der Waals surface area contributed by atoms with Crippen LogP contribution in [0, 0.1) is 11.6 Å². The zero-order valence-corrected chi connectivity index (χ0v) is 13.5. The summed E-state index contributed by atoms with van der Waals surface area (Å²) in [5, 5.41) is -0.706. The molecule has 1 heterocycles. The highest BCUT2D eigenvalue weighted by Crippen LogP contribution is 2.40. The fourth-order valence-corrected chi connectivity index (χ4v) is 3.91. The number of amides is 1. The Hall–Kier alpha value is -2.09. The highest BCUT2D eigenvalue weighted by molar-refractivity contribution is 7.99. The van der Waals surface area contributed by atoms with Crippen LogP contribution in [-0.4, -0.2) is 23.1 Å². The molecular weight excluding hydrogens is 361 g/mol. The maximum atomic E-state index is 14.0. The number of hydrogen-bond acceptors (Lipinski definition) is 2. The Morgan fingerprint density at radius 1 is 1.12 bits per heavy atom. The van der Waals surface area contributed by atoms with Crippen LogP contribution in [0.5, 0.6) is 0 Å². The number of carbonyl (C=O) groups is 1. The zero-order valence-electron chi connectivity index (χ0n) is 12.7. The maximum Gasteiger partial charge on any atom is 0.416 e. The number of carbonyl (C=O) groups excluding carboxylic acids is 1. The second kappa shape index (κ2) is 6.67. The van der Waals surface area contributed by atoms with E-state index in [0.29, 0.717) is 5.75 Å². The van der Waals surface area contributed by atoms with Gasteiger partial charge < -0.3 is 4.90 Å². The van der Waals surface area contributed by atoms with E-state index < -0.39 is 34.7 Å². The number of benzene rings is 2. The molecule has 1 atom stereocenters. The molecular formula is C17H12F5NOS. The molecule has 1 amide bonds. The molecule has 0 radical (unpaired) electrons. The molecule has 25 heavy (non-hydrogen) atoms. The van der Waals surface area contributed by atoms with Gasteiger partial charge in [0.25, 0.3) is 5.91 Å². The minimum Gasteiger partial charge on any atom is -0.322 e. The lowest BCUT2D eigenvalue weighted by atomic mass is 10.1. The second-order valence-corrected chi connectivity index (χ2v) is 6.65. The third kappa shape index (κ3) is 3.63. The summed E-state index contributed by atoms with van der Waals surface area (Å²) < 4.78 is 65.6.